The Morgan fingerprint density at radius 1 is 1.52 bits per heavy atom. The number of aromatic nitrogens is 2. The number of hydrogen-bond acceptors (Lipinski definition) is 6. The number of nitrogens with zero attached hydrogens (tertiary/aromatic N) is 4. The second kappa shape index (κ2) is 6.80. The number of rotatable bonds is 4. The van der Waals surface area contributed by atoms with Crippen LogP contribution in [0.3, 0.4) is 0 Å². The molecule has 0 spiro atoms. The zero-order valence-corrected chi connectivity index (χ0v) is 14.5. The third-order valence-electron chi connectivity index (χ3n) is 3.88. The van der Waals surface area contributed by atoms with Crippen molar-refractivity contribution in [1.29, 1.82) is 0 Å². The lowest BCUT2D eigenvalue weighted by Gasteiger charge is -2.35. The van der Waals surface area contributed by atoms with Crippen molar-refractivity contribution >= 4 is 33.3 Å². The van der Waals surface area contributed by atoms with Gasteiger partial charge in [0.2, 0.25) is 0 Å². The Labute approximate surface area is 140 Å². The van der Waals surface area contributed by atoms with Crippen LogP contribution in [0.2, 0.25) is 0 Å². The number of ether oxygens (including phenoxy) is 1. The van der Waals surface area contributed by atoms with Crippen LogP contribution in [0.15, 0.2) is 17.8 Å². The highest BCUT2D eigenvalue weighted by atomic mass is 32.1. The van der Waals surface area contributed by atoms with Gasteiger partial charge in [0.15, 0.2) is 6.10 Å². The zero-order chi connectivity index (χ0) is 16.4. The molecular weight excluding hydrogens is 312 g/mol. The Hall–Kier alpha value is -1.73. The van der Waals surface area contributed by atoms with Crippen molar-refractivity contribution in [1.82, 2.24) is 14.9 Å². The summed E-state index contributed by atoms with van der Waals surface area (Å²) in [5, 5.41) is 2.02. The molecule has 23 heavy (non-hydrogen) atoms. The van der Waals surface area contributed by atoms with E-state index in [2.05, 4.69) is 28.7 Å². The number of morpholine rings is 1. The number of amides is 1. The van der Waals surface area contributed by atoms with Gasteiger partial charge in [-0.1, -0.05) is 13.8 Å². The van der Waals surface area contributed by atoms with Gasteiger partial charge in [0, 0.05) is 20.1 Å². The summed E-state index contributed by atoms with van der Waals surface area (Å²) in [5.41, 5.74) is 0.950. The first-order valence-corrected chi connectivity index (χ1v) is 8.74. The third-order valence-corrected chi connectivity index (χ3v) is 4.78. The van der Waals surface area contributed by atoms with Crippen LogP contribution >= 0.6 is 11.3 Å². The van der Waals surface area contributed by atoms with E-state index in [1.54, 1.807) is 22.6 Å². The molecule has 0 aromatic carbocycles. The van der Waals surface area contributed by atoms with Crippen molar-refractivity contribution in [3.05, 3.63) is 17.8 Å². The predicted octanol–water partition coefficient (Wildman–Crippen LogP) is 2.01. The Balaban J connectivity index is 1.76. The standard InChI is InChI=1S/C16H22N4O2S/c1-11(2)8-19(3)16(21)13-9-20(5-6-22-13)15-14-12(4-7-23-14)17-10-18-15/h4,7,10-11,13H,5-6,8-9H2,1-3H3/t13-/m1/s1. The number of likely N-dealkylation sites (N-methyl/N-ethyl adjacent to an activating group) is 1. The molecule has 7 heteroatoms. The molecule has 0 N–H and O–H groups in total. The van der Waals surface area contributed by atoms with Crippen LogP contribution in [0, 0.1) is 5.92 Å². The van der Waals surface area contributed by atoms with E-state index in [0.717, 1.165) is 29.1 Å². The second-order valence-corrected chi connectivity index (χ2v) is 7.17. The SMILES string of the molecule is CC(C)CN(C)C(=O)[C@H]1CN(c2ncnc3ccsc23)CCO1. The van der Waals surface area contributed by atoms with Crippen LogP contribution in [-0.2, 0) is 9.53 Å². The van der Waals surface area contributed by atoms with E-state index < -0.39 is 6.10 Å². The molecule has 1 atom stereocenters. The lowest BCUT2D eigenvalue weighted by molar-refractivity contribution is -0.143. The van der Waals surface area contributed by atoms with E-state index in [1.807, 2.05) is 18.5 Å². The van der Waals surface area contributed by atoms with Gasteiger partial charge in [0.05, 0.1) is 23.4 Å². The molecule has 1 aliphatic heterocycles. The largest absolute Gasteiger partial charge is 0.365 e. The van der Waals surface area contributed by atoms with Gasteiger partial charge in [-0.2, -0.15) is 0 Å². The smallest absolute Gasteiger partial charge is 0.253 e. The van der Waals surface area contributed by atoms with Crippen molar-refractivity contribution in [2.45, 2.75) is 20.0 Å². The number of carbonyl (C=O) groups is 1. The van der Waals surface area contributed by atoms with Gasteiger partial charge in [0.25, 0.3) is 5.91 Å². The molecule has 0 unspecified atom stereocenters. The summed E-state index contributed by atoms with van der Waals surface area (Å²) in [6.07, 6.45) is 1.15. The van der Waals surface area contributed by atoms with Crippen molar-refractivity contribution < 1.29 is 9.53 Å². The predicted molar refractivity (Wildman–Crippen MR) is 91.8 cm³/mol. The Morgan fingerprint density at radius 3 is 3.13 bits per heavy atom. The van der Waals surface area contributed by atoms with Gasteiger partial charge < -0.3 is 14.5 Å². The molecule has 3 heterocycles. The van der Waals surface area contributed by atoms with Gasteiger partial charge in [-0.25, -0.2) is 9.97 Å². The average Bonchev–Trinajstić information content (AvgIpc) is 3.02. The molecule has 2 aromatic heterocycles. The maximum Gasteiger partial charge on any atom is 0.253 e. The fourth-order valence-corrected chi connectivity index (χ4v) is 3.74. The minimum atomic E-state index is -0.433. The maximum absolute atomic E-state index is 12.6. The molecule has 1 amide bonds. The third kappa shape index (κ3) is 3.45. The van der Waals surface area contributed by atoms with Crippen LogP contribution in [-0.4, -0.2) is 60.2 Å². The van der Waals surface area contributed by atoms with Crippen LogP contribution in [0.1, 0.15) is 13.8 Å². The minimum absolute atomic E-state index is 0.0416. The fourth-order valence-electron chi connectivity index (χ4n) is 2.88. The molecule has 6 nitrogen and oxygen atoms in total. The van der Waals surface area contributed by atoms with Crippen molar-refractivity contribution in [3.8, 4) is 0 Å². The highest BCUT2D eigenvalue weighted by molar-refractivity contribution is 7.17. The zero-order valence-electron chi connectivity index (χ0n) is 13.7. The van der Waals surface area contributed by atoms with E-state index in [9.17, 15) is 4.79 Å². The quantitative estimate of drug-likeness (QED) is 0.856. The molecule has 2 aromatic rings. The first kappa shape index (κ1) is 16.1. The topological polar surface area (TPSA) is 58.6 Å². The monoisotopic (exact) mass is 334 g/mol. The number of carbonyl (C=O) groups excluding carboxylic acids is 1. The summed E-state index contributed by atoms with van der Waals surface area (Å²) in [6, 6.07) is 1.99. The number of anilines is 1. The number of hydrogen-bond donors (Lipinski definition) is 0. The number of thiophene rings is 1. The summed E-state index contributed by atoms with van der Waals surface area (Å²) in [6.45, 7) is 6.75. The van der Waals surface area contributed by atoms with Gasteiger partial charge in [-0.15, -0.1) is 11.3 Å². The van der Waals surface area contributed by atoms with E-state index in [1.165, 1.54) is 0 Å². The first-order chi connectivity index (χ1) is 11.1. The molecule has 3 rings (SSSR count). The lowest BCUT2D eigenvalue weighted by atomic mass is 10.2. The Kier molecular flexibility index (Phi) is 4.77. The fraction of sp³-hybridized carbons (Fsp3) is 0.562. The van der Waals surface area contributed by atoms with Gasteiger partial charge in [-0.05, 0) is 17.4 Å². The van der Waals surface area contributed by atoms with Gasteiger partial charge >= 0.3 is 0 Å². The molecule has 0 bridgehead atoms. The maximum atomic E-state index is 12.6. The van der Waals surface area contributed by atoms with Gasteiger partial charge in [0.1, 0.15) is 12.1 Å². The van der Waals surface area contributed by atoms with Crippen molar-refractivity contribution in [2.24, 2.45) is 5.92 Å². The summed E-state index contributed by atoms with van der Waals surface area (Å²) in [5.74, 6) is 1.38. The minimum Gasteiger partial charge on any atom is -0.365 e. The second-order valence-electron chi connectivity index (χ2n) is 6.25. The van der Waals surface area contributed by atoms with Crippen LogP contribution in [0.5, 0.6) is 0 Å². The van der Waals surface area contributed by atoms with E-state index in [-0.39, 0.29) is 5.91 Å². The van der Waals surface area contributed by atoms with E-state index in [4.69, 9.17) is 4.74 Å². The summed E-state index contributed by atoms with van der Waals surface area (Å²) in [7, 11) is 1.84. The van der Waals surface area contributed by atoms with Crippen LogP contribution in [0.25, 0.3) is 10.2 Å². The summed E-state index contributed by atoms with van der Waals surface area (Å²) < 4.78 is 6.78. The van der Waals surface area contributed by atoms with Crippen molar-refractivity contribution in [3.63, 3.8) is 0 Å². The van der Waals surface area contributed by atoms with Crippen molar-refractivity contribution in [2.75, 3.05) is 38.2 Å². The summed E-state index contributed by atoms with van der Waals surface area (Å²) in [4.78, 5) is 25.2. The molecule has 1 saturated heterocycles. The Morgan fingerprint density at radius 2 is 2.35 bits per heavy atom. The molecule has 0 aliphatic carbocycles. The molecule has 0 saturated carbocycles. The molecule has 124 valence electrons. The normalized spacial score (nSPS) is 18.6. The average molecular weight is 334 g/mol. The van der Waals surface area contributed by atoms with Crippen LogP contribution < -0.4 is 4.90 Å². The molecule has 1 fully saturated rings. The lowest BCUT2D eigenvalue weighted by Crippen LogP contribution is -2.51. The molecule has 1 aliphatic rings. The highest BCUT2D eigenvalue weighted by Gasteiger charge is 2.30. The van der Waals surface area contributed by atoms with E-state index >= 15 is 0 Å². The first-order valence-electron chi connectivity index (χ1n) is 7.86. The molecular formula is C16H22N4O2S. The molecule has 0 radical (unpaired) electrons. The van der Waals surface area contributed by atoms with Gasteiger partial charge in [-0.3, -0.25) is 4.79 Å². The Bertz CT molecular complexity index is 688. The van der Waals surface area contributed by atoms with E-state index in [0.29, 0.717) is 19.1 Å². The van der Waals surface area contributed by atoms with Crippen LogP contribution in [0.4, 0.5) is 5.82 Å². The summed E-state index contributed by atoms with van der Waals surface area (Å²) >= 11 is 1.63. The number of fused-ring (bicyclic) bond motifs is 1. The highest BCUT2D eigenvalue weighted by Crippen LogP contribution is 2.29.